The van der Waals surface area contributed by atoms with Gasteiger partial charge in [-0.15, -0.1) is 0 Å². The summed E-state index contributed by atoms with van der Waals surface area (Å²) in [4.78, 5) is 31.9. The van der Waals surface area contributed by atoms with Gasteiger partial charge < -0.3 is 24.8 Å². The fourth-order valence-corrected chi connectivity index (χ4v) is 4.33. The lowest BCUT2D eigenvalue weighted by Gasteiger charge is -2.38. The first-order valence-corrected chi connectivity index (χ1v) is 10.4. The number of carbonyl (C=O) groups excluding carboxylic acids is 2. The van der Waals surface area contributed by atoms with Crippen molar-refractivity contribution in [3.63, 3.8) is 0 Å². The van der Waals surface area contributed by atoms with Gasteiger partial charge in [0.2, 0.25) is 11.8 Å². The molecule has 1 atom stereocenters. The first-order valence-electron chi connectivity index (χ1n) is 10.4. The Kier molecular flexibility index (Phi) is 7.07. The molecule has 1 aromatic rings. The van der Waals surface area contributed by atoms with Crippen molar-refractivity contribution in [2.75, 3.05) is 32.7 Å². The fraction of sp³-hybridized carbons (Fsp3) is 0.750. The van der Waals surface area contributed by atoms with Gasteiger partial charge in [0.25, 0.3) is 0 Å². The second-order valence-corrected chi connectivity index (χ2v) is 8.26. The summed E-state index contributed by atoms with van der Waals surface area (Å²) >= 11 is 0. The molecule has 3 heterocycles. The van der Waals surface area contributed by atoms with Crippen LogP contribution in [0, 0.1) is 0 Å². The molecule has 0 aliphatic carbocycles. The van der Waals surface area contributed by atoms with E-state index in [1.165, 1.54) is 0 Å². The lowest BCUT2D eigenvalue weighted by molar-refractivity contribution is -0.131. The van der Waals surface area contributed by atoms with Crippen LogP contribution in [0.2, 0.25) is 0 Å². The molecule has 2 N–H and O–H groups in total. The van der Waals surface area contributed by atoms with Gasteiger partial charge in [0.1, 0.15) is 0 Å². The number of amides is 2. The number of carbonyl (C=O) groups is 2. The Morgan fingerprint density at radius 1 is 1.21 bits per heavy atom. The van der Waals surface area contributed by atoms with Crippen LogP contribution >= 0.6 is 0 Å². The van der Waals surface area contributed by atoms with Gasteiger partial charge in [-0.1, -0.05) is 0 Å². The second kappa shape index (κ2) is 9.52. The summed E-state index contributed by atoms with van der Waals surface area (Å²) in [5.74, 6) is 0.174. The number of hydrogen-bond acceptors (Lipinski definition) is 5. The van der Waals surface area contributed by atoms with Gasteiger partial charge in [-0.2, -0.15) is 0 Å². The van der Waals surface area contributed by atoms with Crippen molar-refractivity contribution >= 4 is 11.8 Å². The van der Waals surface area contributed by atoms with Gasteiger partial charge in [0, 0.05) is 71.0 Å². The summed E-state index contributed by atoms with van der Waals surface area (Å²) < 4.78 is 1.91. The van der Waals surface area contributed by atoms with Crippen molar-refractivity contribution in [3.8, 4) is 0 Å². The highest BCUT2D eigenvalue weighted by Gasteiger charge is 2.34. The molecule has 8 heteroatoms. The van der Waals surface area contributed by atoms with E-state index in [4.69, 9.17) is 0 Å². The highest BCUT2D eigenvalue weighted by atomic mass is 16.3. The molecule has 0 radical (unpaired) electrons. The van der Waals surface area contributed by atoms with Crippen LogP contribution in [0.4, 0.5) is 0 Å². The van der Waals surface area contributed by atoms with Gasteiger partial charge in [0.15, 0.2) is 0 Å². The molecule has 2 aliphatic heterocycles. The Morgan fingerprint density at radius 3 is 2.68 bits per heavy atom. The van der Waals surface area contributed by atoms with Crippen LogP contribution in [0.25, 0.3) is 0 Å². The quantitative estimate of drug-likeness (QED) is 0.742. The van der Waals surface area contributed by atoms with Crippen molar-refractivity contribution in [1.29, 1.82) is 0 Å². The molecule has 2 saturated heterocycles. The van der Waals surface area contributed by atoms with Crippen molar-refractivity contribution in [2.45, 2.75) is 63.6 Å². The first kappa shape index (κ1) is 20.8. The van der Waals surface area contributed by atoms with Gasteiger partial charge in [-0.05, 0) is 32.1 Å². The zero-order valence-electron chi connectivity index (χ0n) is 16.8. The SMILES string of the molecule is CC(=O)NC1CCN(C[C@]2(O)CCCN(C(=O)CCn3ccnc3)CC2)CC1. The van der Waals surface area contributed by atoms with Crippen LogP contribution < -0.4 is 5.32 Å². The number of rotatable bonds is 6. The minimum Gasteiger partial charge on any atom is -0.388 e. The normalized spacial score (nSPS) is 24.7. The Labute approximate surface area is 166 Å². The number of aryl methyl sites for hydroxylation is 1. The van der Waals surface area contributed by atoms with Crippen LogP contribution in [0.5, 0.6) is 0 Å². The first-order chi connectivity index (χ1) is 13.4. The summed E-state index contributed by atoms with van der Waals surface area (Å²) in [6.45, 7) is 5.96. The topological polar surface area (TPSA) is 90.7 Å². The molecule has 0 saturated carbocycles. The van der Waals surface area contributed by atoms with Crippen LogP contribution in [0.3, 0.4) is 0 Å². The number of β-amino-alcohol motifs (C(OH)–C–C–N with tert-alkyl or cyclic N) is 1. The van der Waals surface area contributed by atoms with E-state index in [1.54, 1.807) is 19.4 Å². The summed E-state index contributed by atoms with van der Waals surface area (Å²) in [6.07, 6.45) is 9.80. The molecule has 1 aromatic heterocycles. The maximum atomic E-state index is 12.5. The molecule has 156 valence electrons. The predicted octanol–water partition coefficient (Wildman–Crippen LogP) is 0.617. The number of aliphatic hydroxyl groups is 1. The molecule has 3 rings (SSSR count). The van der Waals surface area contributed by atoms with Crippen molar-refractivity contribution in [1.82, 2.24) is 24.7 Å². The summed E-state index contributed by atoms with van der Waals surface area (Å²) in [6, 6.07) is 0.251. The molecule has 0 bridgehead atoms. The van der Waals surface area contributed by atoms with E-state index in [1.807, 2.05) is 15.7 Å². The lowest BCUT2D eigenvalue weighted by Crippen LogP contribution is -2.50. The number of imidazole rings is 1. The standard InChI is InChI=1S/C20H33N5O3/c1-17(26)22-18-3-10-23(11-4-18)15-20(28)6-2-9-25(13-7-20)19(27)5-12-24-14-8-21-16-24/h8,14,16,18,28H,2-7,9-13,15H2,1H3,(H,22,26)/t20-/m0/s1. The molecule has 0 unspecified atom stereocenters. The molecule has 8 nitrogen and oxygen atoms in total. The molecule has 0 spiro atoms. The molecule has 2 amide bonds. The zero-order valence-corrected chi connectivity index (χ0v) is 16.8. The number of aromatic nitrogens is 2. The molecule has 0 aromatic carbocycles. The van der Waals surface area contributed by atoms with Crippen LogP contribution in [0.1, 0.15) is 45.4 Å². The zero-order chi connectivity index (χ0) is 20.0. The molecule has 2 fully saturated rings. The Morgan fingerprint density at radius 2 is 2.00 bits per heavy atom. The number of nitrogens with zero attached hydrogens (tertiary/aromatic N) is 4. The summed E-state index contributed by atoms with van der Waals surface area (Å²) in [5.41, 5.74) is -0.736. The van der Waals surface area contributed by atoms with E-state index in [9.17, 15) is 14.7 Å². The van der Waals surface area contributed by atoms with Gasteiger partial charge in [-0.3, -0.25) is 9.59 Å². The summed E-state index contributed by atoms with van der Waals surface area (Å²) in [5, 5.41) is 14.1. The van der Waals surface area contributed by atoms with Crippen molar-refractivity contribution < 1.29 is 14.7 Å². The van der Waals surface area contributed by atoms with E-state index in [2.05, 4.69) is 15.2 Å². The van der Waals surface area contributed by atoms with Gasteiger partial charge in [0.05, 0.1) is 11.9 Å². The maximum Gasteiger partial charge on any atom is 0.224 e. The predicted molar refractivity (Wildman–Crippen MR) is 106 cm³/mol. The minimum atomic E-state index is -0.736. The molecule has 28 heavy (non-hydrogen) atoms. The van der Waals surface area contributed by atoms with E-state index in [-0.39, 0.29) is 17.9 Å². The third kappa shape index (κ3) is 6.04. The van der Waals surface area contributed by atoms with Crippen LogP contribution in [-0.4, -0.2) is 80.6 Å². The Hall–Kier alpha value is -1.93. The van der Waals surface area contributed by atoms with Gasteiger partial charge >= 0.3 is 0 Å². The average molecular weight is 392 g/mol. The number of likely N-dealkylation sites (tertiary alicyclic amines) is 2. The van der Waals surface area contributed by atoms with E-state index >= 15 is 0 Å². The van der Waals surface area contributed by atoms with Gasteiger partial charge in [-0.25, -0.2) is 4.98 Å². The van der Waals surface area contributed by atoms with Crippen molar-refractivity contribution in [2.24, 2.45) is 0 Å². The van der Waals surface area contributed by atoms with E-state index in [0.717, 1.165) is 45.3 Å². The monoisotopic (exact) mass is 391 g/mol. The fourth-order valence-electron chi connectivity index (χ4n) is 4.33. The largest absolute Gasteiger partial charge is 0.388 e. The second-order valence-electron chi connectivity index (χ2n) is 8.26. The Balaban J connectivity index is 1.43. The number of hydrogen-bond donors (Lipinski definition) is 2. The van der Waals surface area contributed by atoms with Crippen molar-refractivity contribution in [3.05, 3.63) is 18.7 Å². The third-order valence-electron chi connectivity index (χ3n) is 5.93. The number of piperidine rings is 1. The molecule has 2 aliphatic rings. The molecular weight excluding hydrogens is 358 g/mol. The van der Waals surface area contributed by atoms with E-state index in [0.29, 0.717) is 32.5 Å². The maximum absolute atomic E-state index is 12.5. The molecular formula is C20H33N5O3. The highest BCUT2D eigenvalue weighted by Crippen LogP contribution is 2.25. The highest BCUT2D eigenvalue weighted by molar-refractivity contribution is 5.76. The van der Waals surface area contributed by atoms with Crippen LogP contribution in [0.15, 0.2) is 18.7 Å². The average Bonchev–Trinajstić information content (AvgIpc) is 3.10. The van der Waals surface area contributed by atoms with E-state index < -0.39 is 5.60 Å². The Bertz CT molecular complexity index is 642. The van der Waals surface area contributed by atoms with Crippen LogP contribution in [-0.2, 0) is 16.1 Å². The minimum absolute atomic E-state index is 0.0265. The lowest BCUT2D eigenvalue weighted by atomic mass is 9.93. The smallest absolute Gasteiger partial charge is 0.224 e. The number of nitrogens with one attached hydrogen (secondary N) is 1. The third-order valence-corrected chi connectivity index (χ3v) is 5.93. The summed E-state index contributed by atoms with van der Waals surface area (Å²) in [7, 11) is 0.